The molecule has 4 nitrogen and oxygen atoms in total. The van der Waals surface area contributed by atoms with E-state index < -0.39 is 0 Å². The normalized spacial score (nSPS) is 13.2. The lowest BCUT2D eigenvalue weighted by Crippen LogP contribution is -2.37. The van der Waals surface area contributed by atoms with E-state index >= 15 is 0 Å². The quantitative estimate of drug-likeness (QED) is 0.772. The molecule has 122 valence electrons. The van der Waals surface area contributed by atoms with Crippen LogP contribution in [-0.2, 0) is 4.79 Å². The summed E-state index contributed by atoms with van der Waals surface area (Å²) in [6.45, 7) is 2.39. The molecule has 0 heterocycles. The molecule has 0 saturated heterocycles. The first kappa shape index (κ1) is 17.0. The lowest BCUT2D eigenvalue weighted by Gasteiger charge is -2.19. The van der Waals surface area contributed by atoms with E-state index in [1.54, 1.807) is 19.1 Å². The van der Waals surface area contributed by atoms with Gasteiger partial charge in [0.25, 0.3) is 0 Å². The summed E-state index contributed by atoms with van der Waals surface area (Å²) >= 11 is 0. The number of nitrogens with two attached hydrogens (primary N) is 1. The van der Waals surface area contributed by atoms with Gasteiger partial charge in [-0.1, -0.05) is 43.3 Å². The Balaban J connectivity index is 1.76. The van der Waals surface area contributed by atoms with Crippen molar-refractivity contribution in [3.05, 3.63) is 66.0 Å². The molecule has 2 aromatic carbocycles. The second-order valence-electron chi connectivity index (χ2n) is 5.32. The zero-order valence-electron chi connectivity index (χ0n) is 13.0. The van der Waals surface area contributed by atoms with Crippen LogP contribution in [0.3, 0.4) is 0 Å². The van der Waals surface area contributed by atoms with Crippen LogP contribution in [0.2, 0.25) is 0 Å². The number of carbonyl (C=O) groups is 1. The molecule has 0 radical (unpaired) electrons. The molecule has 0 aliphatic carbocycles. The number of halogens is 1. The number of ether oxygens (including phenoxy) is 1. The molecule has 3 N–H and O–H groups in total. The van der Waals surface area contributed by atoms with E-state index in [1.165, 1.54) is 12.1 Å². The lowest BCUT2D eigenvalue weighted by atomic mass is 9.95. The number of carbonyl (C=O) groups excluding carboxylic acids is 1. The molecule has 0 aromatic heterocycles. The minimum atomic E-state index is -0.361. The Labute approximate surface area is 135 Å². The number of nitrogens with one attached hydrogen (secondary N) is 1. The van der Waals surface area contributed by atoms with Crippen LogP contribution in [-0.4, -0.2) is 19.1 Å². The highest BCUT2D eigenvalue weighted by atomic mass is 19.1. The van der Waals surface area contributed by atoms with Gasteiger partial charge in [0, 0.05) is 12.1 Å². The van der Waals surface area contributed by atoms with Gasteiger partial charge in [0.1, 0.15) is 18.2 Å². The van der Waals surface area contributed by atoms with E-state index in [2.05, 4.69) is 5.32 Å². The number of hydrogen-bond acceptors (Lipinski definition) is 3. The Bertz CT molecular complexity index is 634. The Morgan fingerprint density at radius 1 is 1.22 bits per heavy atom. The topological polar surface area (TPSA) is 64.3 Å². The van der Waals surface area contributed by atoms with Gasteiger partial charge in [-0.2, -0.15) is 0 Å². The Morgan fingerprint density at radius 2 is 1.96 bits per heavy atom. The molecule has 0 aliphatic heterocycles. The maximum absolute atomic E-state index is 13.0. The molecule has 2 unspecified atom stereocenters. The molecule has 0 spiro atoms. The van der Waals surface area contributed by atoms with Crippen LogP contribution < -0.4 is 15.8 Å². The summed E-state index contributed by atoms with van der Waals surface area (Å²) < 4.78 is 18.4. The smallest absolute Gasteiger partial charge is 0.224 e. The molecule has 0 aliphatic rings. The first-order chi connectivity index (χ1) is 11.1. The Morgan fingerprint density at radius 3 is 2.65 bits per heavy atom. The third kappa shape index (κ3) is 5.07. The maximum atomic E-state index is 13.0. The number of benzene rings is 2. The van der Waals surface area contributed by atoms with Crippen LogP contribution >= 0.6 is 0 Å². The third-order valence-electron chi connectivity index (χ3n) is 3.60. The van der Waals surface area contributed by atoms with Gasteiger partial charge in [-0.15, -0.1) is 0 Å². The van der Waals surface area contributed by atoms with Crippen molar-refractivity contribution in [3.8, 4) is 5.75 Å². The Hall–Kier alpha value is -2.40. The summed E-state index contributed by atoms with van der Waals surface area (Å²) in [5.74, 6) is -0.405. The van der Waals surface area contributed by atoms with Crippen molar-refractivity contribution in [1.82, 2.24) is 5.32 Å². The summed E-state index contributed by atoms with van der Waals surface area (Å²) in [7, 11) is 0. The summed E-state index contributed by atoms with van der Waals surface area (Å²) in [6.07, 6.45) is 0. The van der Waals surface area contributed by atoms with Gasteiger partial charge in [0.15, 0.2) is 0 Å². The van der Waals surface area contributed by atoms with Crippen molar-refractivity contribution in [2.45, 2.75) is 13.0 Å². The van der Waals surface area contributed by atoms with Crippen molar-refractivity contribution in [3.63, 3.8) is 0 Å². The fraction of sp³-hybridized carbons (Fsp3) is 0.278. The molecule has 0 fully saturated rings. The van der Waals surface area contributed by atoms with Gasteiger partial charge in [0.05, 0.1) is 12.5 Å². The molecule has 2 rings (SSSR count). The van der Waals surface area contributed by atoms with Gasteiger partial charge in [-0.3, -0.25) is 4.79 Å². The van der Waals surface area contributed by atoms with Crippen molar-refractivity contribution in [2.75, 3.05) is 13.2 Å². The van der Waals surface area contributed by atoms with E-state index in [1.807, 2.05) is 30.3 Å². The largest absolute Gasteiger partial charge is 0.492 e. The van der Waals surface area contributed by atoms with Gasteiger partial charge in [-0.25, -0.2) is 4.39 Å². The SMILES string of the molecule is CC(C(=O)NCCOc1cccc(F)c1)C(N)c1ccccc1. The third-order valence-corrected chi connectivity index (χ3v) is 3.60. The molecular formula is C18H21FN2O2. The predicted molar refractivity (Wildman–Crippen MR) is 87.4 cm³/mol. The van der Waals surface area contributed by atoms with Gasteiger partial charge >= 0.3 is 0 Å². The second-order valence-corrected chi connectivity index (χ2v) is 5.32. The zero-order chi connectivity index (χ0) is 16.7. The van der Waals surface area contributed by atoms with Crippen molar-refractivity contribution in [2.24, 2.45) is 11.7 Å². The second kappa shape index (κ2) is 8.29. The molecule has 2 aromatic rings. The molecule has 0 bridgehead atoms. The van der Waals surface area contributed by atoms with Crippen molar-refractivity contribution >= 4 is 5.91 Å². The maximum Gasteiger partial charge on any atom is 0.224 e. The summed E-state index contributed by atoms with van der Waals surface area (Å²) in [6, 6.07) is 15.0. The van der Waals surface area contributed by atoms with Gasteiger partial charge in [0.2, 0.25) is 5.91 Å². The zero-order valence-corrected chi connectivity index (χ0v) is 13.0. The summed E-state index contributed by atoms with van der Waals surface area (Å²) in [5.41, 5.74) is 7.04. The highest BCUT2D eigenvalue weighted by Crippen LogP contribution is 2.19. The molecule has 5 heteroatoms. The predicted octanol–water partition coefficient (Wildman–Crippen LogP) is 2.66. The first-order valence-corrected chi connectivity index (χ1v) is 7.54. The average molecular weight is 316 g/mol. The highest BCUT2D eigenvalue weighted by molar-refractivity contribution is 5.79. The standard InChI is InChI=1S/C18H21FN2O2/c1-13(17(20)14-6-3-2-4-7-14)18(22)21-10-11-23-16-9-5-8-15(19)12-16/h2-9,12-13,17H,10-11,20H2,1H3,(H,21,22). The van der Waals surface area contributed by atoms with E-state index in [0.29, 0.717) is 12.3 Å². The number of rotatable bonds is 7. The van der Waals surface area contributed by atoms with Gasteiger partial charge in [-0.05, 0) is 17.7 Å². The van der Waals surface area contributed by atoms with E-state index in [9.17, 15) is 9.18 Å². The van der Waals surface area contributed by atoms with Crippen LogP contribution in [0.4, 0.5) is 4.39 Å². The molecule has 23 heavy (non-hydrogen) atoms. The van der Waals surface area contributed by atoms with Crippen molar-refractivity contribution < 1.29 is 13.9 Å². The summed E-state index contributed by atoms with van der Waals surface area (Å²) in [4.78, 5) is 12.1. The number of amides is 1. The fourth-order valence-electron chi connectivity index (χ4n) is 2.19. The van der Waals surface area contributed by atoms with Gasteiger partial charge < -0.3 is 15.8 Å². The van der Waals surface area contributed by atoms with E-state index in [-0.39, 0.29) is 30.3 Å². The summed E-state index contributed by atoms with van der Waals surface area (Å²) in [5, 5.41) is 2.78. The Kier molecular flexibility index (Phi) is 6.11. The van der Waals surface area contributed by atoms with Crippen LogP contribution in [0.1, 0.15) is 18.5 Å². The molecular weight excluding hydrogens is 295 g/mol. The minimum absolute atomic E-state index is 0.135. The van der Waals surface area contributed by atoms with Crippen LogP contribution in [0.15, 0.2) is 54.6 Å². The minimum Gasteiger partial charge on any atom is -0.492 e. The fourth-order valence-corrected chi connectivity index (χ4v) is 2.19. The number of hydrogen-bond donors (Lipinski definition) is 2. The van der Waals surface area contributed by atoms with Crippen LogP contribution in [0.5, 0.6) is 5.75 Å². The average Bonchev–Trinajstić information content (AvgIpc) is 2.58. The molecule has 2 atom stereocenters. The first-order valence-electron chi connectivity index (χ1n) is 7.54. The van der Waals surface area contributed by atoms with E-state index in [0.717, 1.165) is 5.56 Å². The van der Waals surface area contributed by atoms with Crippen molar-refractivity contribution in [1.29, 1.82) is 0 Å². The molecule has 0 saturated carbocycles. The highest BCUT2D eigenvalue weighted by Gasteiger charge is 2.21. The monoisotopic (exact) mass is 316 g/mol. The lowest BCUT2D eigenvalue weighted by molar-refractivity contribution is -0.125. The molecule has 1 amide bonds. The van der Waals surface area contributed by atoms with Crippen LogP contribution in [0, 0.1) is 11.7 Å². The van der Waals surface area contributed by atoms with E-state index in [4.69, 9.17) is 10.5 Å². The van der Waals surface area contributed by atoms with Crippen LogP contribution in [0.25, 0.3) is 0 Å².